The van der Waals surface area contributed by atoms with Gasteiger partial charge in [0, 0.05) is 20.6 Å². The minimum Gasteiger partial charge on any atom is -0.480 e. The number of nitrogens with one attached hydrogen (secondary N) is 1. The van der Waals surface area contributed by atoms with Gasteiger partial charge in [0.05, 0.1) is 0 Å². The average Bonchev–Trinajstić information content (AvgIpc) is 2.37. The summed E-state index contributed by atoms with van der Waals surface area (Å²) in [6.45, 7) is 4.09. The number of likely N-dealkylation sites (N-methyl/N-ethyl adjacent to an activating group) is 1. The zero-order valence-corrected chi connectivity index (χ0v) is 12.7. The summed E-state index contributed by atoms with van der Waals surface area (Å²) >= 11 is 0. The minimum absolute atomic E-state index is 0.0505. The molecule has 1 atom stereocenters. The summed E-state index contributed by atoms with van der Waals surface area (Å²) in [6, 6.07) is -1.43. The van der Waals surface area contributed by atoms with Crippen molar-refractivity contribution in [3.05, 3.63) is 0 Å². The second kappa shape index (κ2) is 9.17. The Morgan fingerprint density at radius 2 is 1.75 bits per heavy atom. The maximum atomic E-state index is 12.1. The number of hydrogen-bond acceptors (Lipinski definition) is 3. The normalized spacial score (nSPS) is 11.6. The second-order valence-corrected chi connectivity index (χ2v) is 4.84. The lowest BCUT2D eigenvalue weighted by Crippen LogP contribution is -2.50. The van der Waals surface area contributed by atoms with Crippen LogP contribution in [0.3, 0.4) is 0 Å². The van der Waals surface area contributed by atoms with Crippen LogP contribution in [0, 0.1) is 0 Å². The molecular weight excluding hydrogens is 262 g/mol. The SMILES string of the molecule is CCC[C@@H](NC(=O)N(CCC)CC(=O)N(C)C)C(=O)O. The molecule has 0 aliphatic heterocycles. The molecule has 0 unspecified atom stereocenters. The number of carbonyl (C=O) groups is 3. The molecule has 0 aliphatic rings. The Kier molecular flexibility index (Phi) is 8.35. The van der Waals surface area contributed by atoms with Gasteiger partial charge >= 0.3 is 12.0 Å². The van der Waals surface area contributed by atoms with E-state index in [1.807, 2.05) is 13.8 Å². The number of aliphatic carboxylic acids is 1. The Morgan fingerprint density at radius 1 is 1.15 bits per heavy atom. The molecule has 0 aromatic rings. The average molecular weight is 287 g/mol. The van der Waals surface area contributed by atoms with E-state index in [9.17, 15) is 14.4 Å². The highest BCUT2D eigenvalue weighted by Gasteiger charge is 2.23. The molecule has 0 spiro atoms. The lowest BCUT2D eigenvalue weighted by Gasteiger charge is -2.25. The molecule has 0 radical (unpaired) electrons. The zero-order valence-electron chi connectivity index (χ0n) is 12.7. The van der Waals surface area contributed by atoms with Crippen molar-refractivity contribution in [2.24, 2.45) is 0 Å². The zero-order chi connectivity index (χ0) is 15.7. The van der Waals surface area contributed by atoms with E-state index >= 15 is 0 Å². The Morgan fingerprint density at radius 3 is 2.15 bits per heavy atom. The van der Waals surface area contributed by atoms with Crippen LogP contribution in [-0.4, -0.2) is 66.0 Å². The first kappa shape index (κ1) is 18.2. The van der Waals surface area contributed by atoms with Crippen LogP contribution in [0.4, 0.5) is 4.79 Å². The van der Waals surface area contributed by atoms with Gasteiger partial charge in [-0.3, -0.25) is 4.79 Å². The topological polar surface area (TPSA) is 90.0 Å². The lowest BCUT2D eigenvalue weighted by atomic mass is 10.2. The molecule has 0 aliphatic carbocycles. The molecule has 0 saturated carbocycles. The standard InChI is InChI=1S/C13H25N3O4/c1-5-7-10(12(18)19)14-13(20)16(8-6-2)9-11(17)15(3)4/h10H,5-9H2,1-4H3,(H,14,20)(H,18,19)/t10-/m1/s1. The van der Waals surface area contributed by atoms with Gasteiger partial charge in [0.15, 0.2) is 0 Å². The fraction of sp³-hybridized carbons (Fsp3) is 0.769. The van der Waals surface area contributed by atoms with Gasteiger partial charge in [-0.1, -0.05) is 20.3 Å². The third kappa shape index (κ3) is 6.40. The van der Waals surface area contributed by atoms with Crippen molar-refractivity contribution in [3.63, 3.8) is 0 Å². The molecule has 3 amide bonds. The van der Waals surface area contributed by atoms with Crippen LogP contribution < -0.4 is 5.32 Å². The summed E-state index contributed by atoms with van der Waals surface area (Å²) in [5.41, 5.74) is 0. The number of hydrogen-bond donors (Lipinski definition) is 2. The molecular formula is C13H25N3O4. The summed E-state index contributed by atoms with van der Waals surface area (Å²) in [4.78, 5) is 37.5. The van der Waals surface area contributed by atoms with Gasteiger partial charge in [-0.2, -0.15) is 0 Å². The van der Waals surface area contributed by atoms with E-state index in [4.69, 9.17) is 5.11 Å². The number of nitrogens with zero attached hydrogens (tertiary/aromatic N) is 2. The molecule has 0 rings (SSSR count). The van der Waals surface area contributed by atoms with Gasteiger partial charge in [-0.05, 0) is 12.8 Å². The minimum atomic E-state index is -1.06. The first-order valence-electron chi connectivity index (χ1n) is 6.81. The van der Waals surface area contributed by atoms with Gasteiger partial charge in [-0.15, -0.1) is 0 Å². The smallest absolute Gasteiger partial charge is 0.326 e. The van der Waals surface area contributed by atoms with E-state index in [0.29, 0.717) is 25.8 Å². The van der Waals surface area contributed by atoms with Crippen molar-refractivity contribution >= 4 is 17.9 Å². The number of carboxylic acid groups (broad SMARTS) is 1. The van der Waals surface area contributed by atoms with Crippen LogP contribution in [0.25, 0.3) is 0 Å². The van der Waals surface area contributed by atoms with Crippen LogP contribution in [-0.2, 0) is 9.59 Å². The first-order chi connectivity index (χ1) is 9.33. The summed E-state index contributed by atoms with van der Waals surface area (Å²) in [7, 11) is 3.23. The van der Waals surface area contributed by atoms with Crippen LogP contribution in [0.2, 0.25) is 0 Å². The highest BCUT2D eigenvalue weighted by Crippen LogP contribution is 2.01. The predicted molar refractivity (Wildman–Crippen MR) is 75.4 cm³/mol. The molecule has 0 bridgehead atoms. The molecule has 0 heterocycles. The van der Waals surface area contributed by atoms with Crippen LogP contribution in [0.15, 0.2) is 0 Å². The second-order valence-electron chi connectivity index (χ2n) is 4.84. The fourth-order valence-electron chi connectivity index (χ4n) is 1.61. The fourth-order valence-corrected chi connectivity index (χ4v) is 1.61. The van der Waals surface area contributed by atoms with E-state index in [1.54, 1.807) is 14.1 Å². The van der Waals surface area contributed by atoms with Gasteiger partial charge in [0.2, 0.25) is 5.91 Å². The van der Waals surface area contributed by atoms with Gasteiger partial charge in [0.1, 0.15) is 12.6 Å². The van der Waals surface area contributed by atoms with Crippen molar-refractivity contribution in [2.45, 2.75) is 39.2 Å². The molecule has 116 valence electrons. The van der Waals surface area contributed by atoms with Crippen molar-refractivity contribution in [3.8, 4) is 0 Å². The Balaban J connectivity index is 4.70. The monoisotopic (exact) mass is 287 g/mol. The lowest BCUT2D eigenvalue weighted by molar-refractivity contribution is -0.139. The number of amides is 3. The van der Waals surface area contributed by atoms with Crippen LogP contribution in [0.5, 0.6) is 0 Å². The van der Waals surface area contributed by atoms with Gasteiger partial charge in [-0.25, -0.2) is 9.59 Å². The van der Waals surface area contributed by atoms with Crippen LogP contribution in [0.1, 0.15) is 33.1 Å². The summed E-state index contributed by atoms with van der Waals surface area (Å²) in [5.74, 6) is -1.26. The first-order valence-corrected chi connectivity index (χ1v) is 6.81. The maximum absolute atomic E-state index is 12.1. The molecule has 0 aromatic carbocycles. The molecule has 7 heteroatoms. The third-order valence-electron chi connectivity index (χ3n) is 2.78. The summed E-state index contributed by atoms with van der Waals surface area (Å²) < 4.78 is 0. The Hall–Kier alpha value is -1.79. The molecule has 20 heavy (non-hydrogen) atoms. The van der Waals surface area contributed by atoms with E-state index in [1.165, 1.54) is 9.80 Å². The van der Waals surface area contributed by atoms with E-state index in [-0.39, 0.29) is 12.5 Å². The number of urea groups is 1. The molecule has 2 N–H and O–H groups in total. The van der Waals surface area contributed by atoms with Gasteiger partial charge < -0.3 is 20.2 Å². The van der Waals surface area contributed by atoms with Crippen molar-refractivity contribution in [1.82, 2.24) is 15.1 Å². The number of carboxylic acids is 1. The highest BCUT2D eigenvalue weighted by molar-refractivity contribution is 5.86. The Bertz CT molecular complexity index is 345. The Labute approximate surface area is 119 Å². The van der Waals surface area contributed by atoms with Crippen molar-refractivity contribution in [2.75, 3.05) is 27.2 Å². The molecule has 0 fully saturated rings. The van der Waals surface area contributed by atoms with E-state index in [2.05, 4.69) is 5.32 Å². The third-order valence-corrected chi connectivity index (χ3v) is 2.78. The molecule has 0 saturated heterocycles. The molecule has 7 nitrogen and oxygen atoms in total. The maximum Gasteiger partial charge on any atom is 0.326 e. The summed E-state index contributed by atoms with van der Waals surface area (Å²) in [5, 5.41) is 11.5. The number of carbonyl (C=O) groups excluding carboxylic acids is 2. The van der Waals surface area contributed by atoms with E-state index in [0.717, 1.165) is 0 Å². The van der Waals surface area contributed by atoms with E-state index < -0.39 is 18.0 Å². The van der Waals surface area contributed by atoms with Crippen molar-refractivity contribution < 1.29 is 19.5 Å². The van der Waals surface area contributed by atoms with Crippen LogP contribution >= 0.6 is 0 Å². The highest BCUT2D eigenvalue weighted by atomic mass is 16.4. The number of rotatable bonds is 8. The predicted octanol–water partition coefficient (Wildman–Crippen LogP) is 0.750. The molecule has 0 aromatic heterocycles. The van der Waals surface area contributed by atoms with Crippen molar-refractivity contribution in [1.29, 1.82) is 0 Å². The quantitative estimate of drug-likeness (QED) is 0.689. The summed E-state index contributed by atoms with van der Waals surface area (Å²) in [6.07, 6.45) is 1.71. The van der Waals surface area contributed by atoms with Gasteiger partial charge in [0.25, 0.3) is 0 Å². The largest absolute Gasteiger partial charge is 0.480 e.